The van der Waals surface area contributed by atoms with Crippen LogP contribution in [0.5, 0.6) is 5.75 Å². The van der Waals surface area contributed by atoms with Crippen molar-refractivity contribution in [3.8, 4) is 5.75 Å². The van der Waals surface area contributed by atoms with E-state index < -0.39 is 11.9 Å². The number of fused-ring (bicyclic) bond motifs is 1. The first-order chi connectivity index (χ1) is 19.7. The number of nitrogens with one attached hydrogen (secondary N) is 1. The Labute approximate surface area is 238 Å². The van der Waals surface area contributed by atoms with Gasteiger partial charge in [0, 0.05) is 32.1 Å². The zero-order valence-electron chi connectivity index (χ0n) is 23.9. The Kier molecular flexibility index (Phi) is 8.05. The lowest BCUT2D eigenvalue weighted by molar-refractivity contribution is -0.136. The topological polar surface area (TPSA) is 134 Å². The highest BCUT2D eigenvalue weighted by Crippen LogP contribution is 2.31. The summed E-state index contributed by atoms with van der Waals surface area (Å²) in [7, 11) is 1.66. The Hall–Kier alpha value is -4.28. The first-order valence-electron chi connectivity index (χ1n) is 14.0. The summed E-state index contributed by atoms with van der Waals surface area (Å²) in [5.41, 5.74) is 3.82. The molecule has 0 saturated carbocycles. The molecule has 5 rings (SSSR count). The lowest BCUT2D eigenvalue weighted by atomic mass is 10.00. The van der Waals surface area contributed by atoms with Crippen LogP contribution in [0.25, 0.3) is 0 Å². The molecule has 3 aliphatic heterocycles. The molecule has 2 fully saturated rings. The van der Waals surface area contributed by atoms with Gasteiger partial charge in [0.25, 0.3) is 11.8 Å². The number of hydrogen-bond acceptors (Lipinski definition) is 8. The summed E-state index contributed by atoms with van der Waals surface area (Å²) in [5.74, 6) is -0.187. The van der Waals surface area contributed by atoms with Gasteiger partial charge in [-0.2, -0.15) is 0 Å². The van der Waals surface area contributed by atoms with E-state index in [0.29, 0.717) is 47.0 Å². The van der Waals surface area contributed by atoms with Crippen LogP contribution in [0, 0.1) is 6.92 Å². The quantitative estimate of drug-likeness (QED) is 0.405. The zero-order valence-corrected chi connectivity index (χ0v) is 23.9. The number of benzene rings is 1. The summed E-state index contributed by atoms with van der Waals surface area (Å²) in [4.78, 5) is 58.4. The van der Waals surface area contributed by atoms with Crippen molar-refractivity contribution in [2.24, 2.45) is 4.99 Å². The fourth-order valence-corrected chi connectivity index (χ4v) is 5.72. The van der Waals surface area contributed by atoms with Crippen LogP contribution in [0.15, 0.2) is 39.4 Å². The molecular weight excluding hydrogens is 526 g/mol. The second kappa shape index (κ2) is 11.7. The van der Waals surface area contributed by atoms with Gasteiger partial charge in [-0.15, -0.1) is 0 Å². The Morgan fingerprint density at radius 1 is 1.22 bits per heavy atom. The maximum atomic E-state index is 13.9. The third-order valence-corrected chi connectivity index (χ3v) is 7.80. The van der Waals surface area contributed by atoms with Gasteiger partial charge in [0.2, 0.25) is 11.8 Å². The maximum Gasteiger partial charge on any atom is 0.260 e. The molecule has 1 aromatic carbocycles. The summed E-state index contributed by atoms with van der Waals surface area (Å²) in [6, 6.07) is 4.45. The summed E-state index contributed by atoms with van der Waals surface area (Å²) in [6.07, 6.45) is 5.05. The number of rotatable bonds is 7. The Morgan fingerprint density at radius 3 is 2.76 bits per heavy atom. The molecule has 3 aliphatic rings. The van der Waals surface area contributed by atoms with Crippen LogP contribution in [0.3, 0.4) is 0 Å². The fraction of sp³-hybridized carbons (Fsp3) is 0.467. The predicted octanol–water partition coefficient (Wildman–Crippen LogP) is 3.20. The maximum absolute atomic E-state index is 13.9. The van der Waals surface area contributed by atoms with E-state index in [-0.39, 0.29) is 43.3 Å². The standard InChI is InChI=1S/C30H35N5O6/c1-17(2)13-23(31-4)27-26(18(3)33-41-27)30(39)34-12-6-5-7-20(34)16-40-21-8-9-22-19(14-21)15-35(29(22)38)24-10-11-25(36)32-28(24)37/h8-9,13-14,20,24H,5-7,10-12,15-16H2,1-4H3,(H,32,36,37)/b31-23+/t20-,24?/m0/s1. The number of aromatic nitrogens is 1. The molecule has 4 amide bonds. The van der Waals surface area contributed by atoms with Crippen molar-refractivity contribution in [2.45, 2.75) is 71.5 Å². The van der Waals surface area contributed by atoms with Crippen molar-refractivity contribution in [3.05, 3.63) is 58.0 Å². The van der Waals surface area contributed by atoms with E-state index in [0.717, 1.165) is 30.4 Å². The van der Waals surface area contributed by atoms with Crippen molar-refractivity contribution in [3.63, 3.8) is 0 Å². The van der Waals surface area contributed by atoms with Gasteiger partial charge < -0.3 is 19.1 Å². The zero-order chi connectivity index (χ0) is 29.3. The Morgan fingerprint density at radius 2 is 2.02 bits per heavy atom. The fourth-order valence-electron chi connectivity index (χ4n) is 5.72. The average Bonchev–Trinajstić information content (AvgIpc) is 3.49. The van der Waals surface area contributed by atoms with E-state index in [1.807, 2.05) is 30.9 Å². The lowest BCUT2D eigenvalue weighted by Crippen LogP contribution is -2.52. The molecular formula is C30H35N5O6. The number of carbonyl (C=O) groups is 4. The van der Waals surface area contributed by atoms with Gasteiger partial charge in [-0.1, -0.05) is 10.7 Å². The second-order valence-corrected chi connectivity index (χ2v) is 11.0. The number of hydrogen-bond donors (Lipinski definition) is 1. The van der Waals surface area contributed by atoms with Crippen LogP contribution in [0.2, 0.25) is 0 Å². The number of piperidine rings is 2. The molecule has 0 bridgehead atoms. The number of aliphatic imine (C=N–C) groups is 1. The minimum absolute atomic E-state index is 0.154. The molecule has 1 unspecified atom stereocenters. The van der Waals surface area contributed by atoms with Crippen LogP contribution in [-0.2, 0) is 16.1 Å². The summed E-state index contributed by atoms with van der Waals surface area (Å²) >= 11 is 0. The van der Waals surface area contributed by atoms with Gasteiger partial charge >= 0.3 is 0 Å². The molecule has 11 heteroatoms. The number of allylic oxidation sites excluding steroid dienone is 2. The van der Waals surface area contributed by atoms with Crippen molar-refractivity contribution in [1.29, 1.82) is 0 Å². The van der Waals surface area contributed by atoms with E-state index in [1.165, 1.54) is 4.90 Å². The number of ether oxygens (including phenoxy) is 1. The van der Waals surface area contributed by atoms with Crippen LogP contribution in [0.1, 0.15) is 83.7 Å². The second-order valence-electron chi connectivity index (χ2n) is 11.0. The van der Waals surface area contributed by atoms with Gasteiger partial charge in [-0.25, -0.2) is 0 Å². The lowest BCUT2D eigenvalue weighted by Gasteiger charge is -2.35. The largest absolute Gasteiger partial charge is 0.491 e. The molecule has 1 aromatic heterocycles. The molecule has 4 heterocycles. The number of likely N-dealkylation sites (tertiary alicyclic amines) is 1. The summed E-state index contributed by atoms with van der Waals surface area (Å²) in [5, 5.41) is 6.40. The molecule has 2 atom stereocenters. The van der Waals surface area contributed by atoms with E-state index in [2.05, 4.69) is 15.5 Å². The first-order valence-corrected chi connectivity index (χ1v) is 14.0. The number of imide groups is 1. The van der Waals surface area contributed by atoms with Gasteiger partial charge in [0.05, 0.1) is 11.7 Å². The van der Waals surface area contributed by atoms with Gasteiger partial charge in [-0.05, 0) is 76.3 Å². The minimum atomic E-state index is -0.667. The highest BCUT2D eigenvalue weighted by atomic mass is 16.5. The summed E-state index contributed by atoms with van der Waals surface area (Å²) < 4.78 is 11.7. The van der Waals surface area contributed by atoms with Gasteiger partial charge in [-0.3, -0.25) is 29.5 Å². The van der Waals surface area contributed by atoms with E-state index in [1.54, 1.807) is 26.1 Å². The highest BCUT2D eigenvalue weighted by Gasteiger charge is 2.39. The number of carbonyl (C=O) groups excluding carboxylic acids is 4. The molecule has 0 aliphatic carbocycles. The third-order valence-electron chi connectivity index (χ3n) is 7.80. The molecule has 1 N–H and O–H groups in total. The molecule has 0 spiro atoms. The van der Waals surface area contributed by atoms with Crippen LogP contribution in [-0.4, -0.2) is 76.6 Å². The van der Waals surface area contributed by atoms with E-state index in [9.17, 15) is 19.2 Å². The smallest absolute Gasteiger partial charge is 0.260 e. The van der Waals surface area contributed by atoms with E-state index >= 15 is 0 Å². The monoisotopic (exact) mass is 561 g/mol. The molecule has 11 nitrogen and oxygen atoms in total. The molecule has 2 saturated heterocycles. The molecule has 0 radical (unpaired) electrons. The predicted molar refractivity (Wildman–Crippen MR) is 150 cm³/mol. The molecule has 216 valence electrons. The summed E-state index contributed by atoms with van der Waals surface area (Å²) in [6.45, 7) is 6.82. The minimum Gasteiger partial charge on any atom is -0.491 e. The first kappa shape index (κ1) is 28.3. The highest BCUT2D eigenvalue weighted by molar-refractivity contribution is 6.14. The number of nitrogens with zero attached hydrogens (tertiary/aromatic N) is 4. The van der Waals surface area contributed by atoms with Crippen molar-refractivity contribution in [2.75, 3.05) is 20.2 Å². The third kappa shape index (κ3) is 5.66. The van der Waals surface area contributed by atoms with Gasteiger partial charge in [0.15, 0.2) is 5.76 Å². The van der Waals surface area contributed by atoms with Crippen LogP contribution in [0.4, 0.5) is 0 Å². The van der Waals surface area contributed by atoms with E-state index in [4.69, 9.17) is 9.26 Å². The molecule has 2 aromatic rings. The van der Waals surface area contributed by atoms with Crippen LogP contribution < -0.4 is 10.1 Å². The SMILES string of the molecule is C/N=C(\C=C(C)C)c1onc(C)c1C(=O)N1CCCC[C@H]1COc1ccc2c(c1)CN(C1CCC(=O)NC1=O)C2=O. The van der Waals surface area contributed by atoms with Gasteiger partial charge in [0.1, 0.15) is 29.7 Å². The van der Waals surface area contributed by atoms with Crippen molar-refractivity contribution < 1.29 is 28.4 Å². The van der Waals surface area contributed by atoms with Crippen molar-refractivity contribution in [1.82, 2.24) is 20.3 Å². The Bertz CT molecular complexity index is 1450. The number of amides is 4. The normalized spacial score (nSPS) is 21.1. The van der Waals surface area contributed by atoms with Crippen molar-refractivity contribution >= 4 is 29.3 Å². The van der Waals surface area contributed by atoms with Crippen LogP contribution >= 0.6 is 0 Å². The Balaban J connectivity index is 1.29. The number of aryl methyl sites for hydroxylation is 1. The molecule has 41 heavy (non-hydrogen) atoms. The average molecular weight is 562 g/mol.